The zero-order valence-corrected chi connectivity index (χ0v) is 10.2. The number of benzene rings is 1. The average Bonchev–Trinajstić information content (AvgIpc) is 2.35. The van der Waals surface area contributed by atoms with Gasteiger partial charge in [-0.25, -0.2) is 9.18 Å². The number of para-hydroxylation sites is 1. The normalized spacial score (nSPS) is 23.4. The van der Waals surface area contributed by atoms with Gasteiger partial charge < -0.3 is 16.4 Å². The Balaban J connectivity index is 1.84. The zero-order valence-electron chi connectivity index (χ0n) is 10.2. The molecule has 2 amide bonds. The van der Waals surface area contributed by atoms with Crippen molar-refractivity contribution in [2.24, 2.45) is 5.73 Å². The van der Waals surface area contributed by atoms with Gasteiger partial charge in [0.05, 0.1) is 5.69 Å². The fourth-order valence-electron chi connectivity index (χ4n) is 2.17. The van der Waals surface area contributed by atoms with E-state index in [1.807, 2.05) is 0 Å². The molecule has 0 saturated heterocycles. The summed E-state index contributed by atoms with van der Waals surface area (Å²) in [4.78, 5) is 11.7. The number of hydrogen-bond acceptors (Lipinski definition) is 2. The summed E-state index contributed by atoms with van der Waals surface area (Å²) in [6.07, 6.45) is 3.60. The van der Waals surface area contributed by atoms with Gasteiger partial charge in [-0.1, -0.05) is 12.1 Å². The second kappa shape index (κ2) is 5.82. The Morgan fingerprint density at radius 3 is 2.56 bits per heavy atom. The molecule has 5 heteroatoms. The predicted molar refractivity (Wildman–Crippen MR) is 68.8 cm³/mol. The Labute approximate surface area is 106 Å². The van der Waals surface area contributed by atoms with Crippen LogP contribution in [0.2, 0.25) is 0 Å². The molecule has 0 aromatic heterocycles. The molecule has 4 N–H and O–H groups in total. The van der Waals surface area contributed by atoms with Gasteiger partial charge in [0.25, 0.3) is 0 Å². The van der Waals surface area contributed by atoms with E-state index in [0.29, 0.717) is 0 Å². The number of amides is 2. The van der Waals surface area contributed by atoms with Gasteiger partial charge in [0, 0.05) is 12.1 Å². The van der Waals surface area contributed by atoms with E-state index in [2.05, 4.69) is 10.6 Å². The lowest BCUT2D eigenvalue weighted by Crippen LogP contribution is -2.42. The molecule has 1 fully saturated rings. The number of nitrogens with two attached hydrogens (primary N) is 1. The highest BCUT2D eigenvalue weighted by atomic mass is 19.1. The molecular formula is C13H18FN3O. The molecule has 1 aromatic rings. The number of hydrogen-bond donors (Lipinski definition) is 3. The van der Waals surface area contributed by atoms with Gasteiger partial charge in [-0.2, -0.15) is 0 Å². The summed E-state index contributed by atoms with van der Waals surface area (Å²) < 4.78 is 13.3. The summed E-state index contributed by atoms with van der Waals surface area (Å²) in [5.41, 5.74) is 5.99. The number of nitrogens with one attached hydrogen (secondary N) is 2. The summed E-state index contributed by atoms with van der Waals surface area (Å²) in [6.45, 7) is 0. The second-order valence-electron chi connectivity index (χ2n) is 4.69. The molecule has 1 aromatic carbocycles. The molecule has 0 radical (unpaired) electrons. The van der Waals surface area contributed by atoms with Crippen LogP contribution in [0, 0.1) is 5.82 Å². The van der Waals surface area contributed by atoms with E-state index >= 15 is 0 Å². The number of anilines is 1. The molecule has 0 unspecified atom stereocenters. The highest BCUT2D eigenvalue weighted by molar-refractivity contribution is 5.89. The monoisotopic (exact) mass is 251 g/mol. The average molecular weight is 251 g/mol. The number of rotatable bonds is 2. The van der Waals surface area contributed by atoms with Crippen LogP contribution in [0.5, 0.6) is 0 Å². The quantitative estimate of drug-likeness (QED) is 0.754. The van der Waals surface area contributed by atoms with Crippen LogP contribution in [0.15, 0.2) is 24.3 Å². The summed E-state index contributed by atoms with van der Waals surface area (Å²) in [5.74, 6) is -0.432. The molecule has 1 aliphatic rings. The van der Waals surface area contributed by atoms with E-state index in [1.54, 1.807) is 12.1 Å². The van der Waals surface area contributed by atoms with Gasteiger partial charge in [-0.05, 0) is 37.8 Å². The first kappa shape index (κ1) is 12.8. The van der Waals surface area contributed by atoms with Crippen LogP contribution >= 0.6 is 0 Å². The number of carbonyl (C=O) groups is 1. The third-order valence-corrected chi connectivity index (χ3v) is 3.23. The molecule has 0 bridgehead atoms. The second-order valence-corrected chi connectivity index (χ2v) is 4.69. The predicted octanol–water partition coefficient (Wildman–Crippen LogP) is 2.22. The van der Waals surface area contributed by atoms with E-state index in [-0.39, 0.29) is 23.8 Å². The molecule has 1 aliphatic carbocycles. The van der Waals surface area contributed by atoms with E-state index in [9.17, 15) is 9.18 Å². The van der Waals surface area contributed by atoms with Crippen LogP contribution in [0.4, 0.5) is 14.9 Å². The topological polar surface area (TPSA) is 67.1 Å². The number of halogens is 1. The van der Waals surface area contributed by atoms with Crippen molar-refractivity contribution >= 4 is 11.7 Å². The Morgan fingerprint density at radius 1 is 1.22 bits per heavy atom. The number of urea groups is 1. The molecule has 2 rings (SSSR count). The SMILES string of the molecule is NC1CCC(NC(=O)Nc2ccccc2F)CC1. The fourth-order valence-corrected chi connectivity index (χ4v) is 2.17. The van der Waals surface area contributed by atoms with Crippen molar-refractivity contribution in [2.45, 2.75) is 37.8 Å². The smallest absolute Gasteiger partial charge is 0.319 e. The summed E-state index contributed by atoms with van der Waals surface area (Å²) in [7, 11) is 0. The van der Waals surface area contributed by atoms with Gasteiger partial charge in [0.2, 0.25) is 0 Å². The Kier molecular flexibility index (Phi) is 4.15. The lowest BCUT2D eigenvalue weighted by Gasteiger charge is -2.26. The van der Waals surface area contributed by atoms with Crippen molar-refractivity contribution in [2.75, 3.05) is 5.32 Å². The van der Waals surface area contributed by atoms with Crippen molar-refractivity contribution in [1.29, 1.82) is 0 Å². The first-order valence-electron chi connectivity index (χ1n) is 6.23. The van der Waals surface area contributed by atoms with E-state index in [4.69, 9.17) is 5.73 Å². The molecular weight excluding hydrogens is 233 g/mol. The molecule has 0 spiro atoms. The maximum atomic E-state index is 13.3. The van der Waals surface area contributed by atoms with Gasteiger partial charge in [0.15, 0.2) is 0 Å². The molecule has 0 aliphatic heterocycles. The molecule has 0 atom stereocenters. The highest BCUT2D eigenvalue weighted by Gasteiger charge is 2.20. The van der Waals surface area contributed by atoms with Crippen molar-refractivity contribution in [3.05, 3.63) is 30.1 Å². The zero-order chi connectivity index (χ0) is 13.0. The summed E-state index contributed by atoms with van der Waals surface area (Å²) >= 11 is 0. The minimum atomic E-state index is -0.432. The van der Waals surface area contributed by atoms with E-state index < -0.39 is 5.82 Å². The van der Waals surface area contributed by atoms with Gasteiger partial charge >= 0.3 is 6.03 Å². The maximum Gasteiger partial charge on any atom is 0.319 e. The Bertz CT molecular complexity index is 416. The lowest BCUT2D eigenvalue weighted by atomic mass is 9.92. The maximum absolute atomic E-state index is 13.3. The van der Waals surface area contributed by atoms with Crippen molar-refractivity contribution in [1.82, 2.24) is 5.32 Å². The molecule has 98 valence electrons. The summed E-state index contributed by atoms with van der Waals surface area (Å²) in [5, 5.41) is 5.36. The molecule has 4 nitrogen and oxygen atoms in total. The van der Waals surface area contributed by atoms with Gasteiger partial charge in [0.1, 0.15) is 5.82 Å². The molecule has 18 heavy (non-hydrogen) atoms. The van der Waals surface area contributed by atoms with Crippen LogP contribution < -0.4 is 16.4 Å². The van der Waals surface area contributed by atoms with Crippen LogP contribution in [0.25, 0.3) is 0 Å². The van der Waals surface area contributed by atoms with Crippen molar-refractivity contribution < 1.29 is 9.18 Å². The van der Waals surface area contributed by atoms with E-state index in [1.165, 1.54) is 12.1 Å². The largest absolute Gasteiger partial charge is 0.335 e. The lowest BCUT2D eigenvalue weighted by molar-refractivity contribution is 0.242. The van der Waals surface area contributed by atoms with Crippen molar-refractivity contribution in [3.8, 4) is 0 Å². The van der Waals surface area contributed by atoms with Gasteiger partial charge in [-0.3, -0.25) is 0 Å². The van der Waals surface area contributed by atoms with Crippen LogP contribution in [0.1, 0.15) is 25.7 Å². The fraction of sp³-hybridized carbons (Fsp3) is 0.462. The van der Waals surface area contributed by atoms with Crippen LogP contribution in [-0.4, -0.2) is 18.1 Å². The first-order valence-corrected chi connectivity index (χ1v) is 6.23. The Hall–Kier alpha value is -1.62. The molecule has 0 heterocycles. The molecule has 1 saturated carbocycles. The van der Waals surface area contributed by atoms with Crippen LogP contribution in [0.3, 0.4) is 0 Å². The van der Waals surface area contributed by atoms with E-state index in [0.717, 1.165) is 25.7 Å². The third-order valence-electron chi connectivity index (χ3n) is 3.23. The minimum absolute atomic E-state index is 0.136. The first-order chi connectivity index (χ1) is 8.65. The Morgan fingerprint density at radius 2 is 1.89 bits per heavy atom. The summed E-state index contributed by atoms with van der Waals surface area (Å²) in [6, 6.07) is 6.13. The highest BCUT2D eigenvalue weighted by Crippen LogP contribution is 2.17. The van der Waals surface area contributed by atoms with Crippen LogP contribution in [-0.2, 0) is 0 Å². The third kappa shape index (κ3) is 3.43. The standard InChI is InChI=1S/C13H18FN3O/c14-11-3-1-2-4-12(11)17-13(18)16-10-7-5-9(15)6-8-10/h1-4,9-10H,5-8,15H2,(H2,16,17,18). The number of carbonyl (C=O) groups excluding carboxylic acids is 1. The van der Waals surface area contributed by atoms with Crippen molar-refractivity contribution in [3.63, 3.8) is 0 Å². The minimum Gasteiger partial charge on any atom is -0.335 e. The van der Waals surface area contributed by atoms with Gasteiger partial charge in [-0.15, -0.1) is 0 Å².